The molecule has 0 unspecified atom stereocenters. The molecule has 0 aliphatic carbocycles. The summed E-state index contributed by atoms with van der Waals surface area (Å²) < 4.78 is 11.4. The Morgan fingerprint density at radius 3 is 2.03 bits per heavy atom. The number of nitrogens with one attached hydrogen (secondary N) is 1. The van der Waals surface area contributed by atoms with Crippen LogP contribution in [0.5, 0.6) is 11.5 Å². The lowest BCUT2D eigenvalue weighted by atomic mass is 10.0. The molecule has 0 saturated carbocycles. The van der Waals surface area contributed by atoms with Crippen LogP contribution in [0.25, 0.3) is 5.57 Å². The van der Waals surface area contributed by atoms with Gasteiger partial charge in [-0.3, -0.25) is 14.5 Å². The molecule has 1 aliphatic rings. The van der Waals surface area contributed by atoms with Crippen molar-refractivity contribution >= 4 is 23.1 Å². The van der Waals surface area contributed by atoms with Crippen molar-refractivity contribution in [3.05, 3.63) is 59.8 Å². The van der Waals surface area contributed by atoms with Crippen LogP contribution in [0.4, 0.5) is 5.69 Å². The van der Waals surface area contributed by atoms with E-state index in [1.54, 1.807) is 12.1 Å². The van der Waals surface area contributed by atoms with Crippen molar-refractivity contribution in [1.29, 1.82) is 0 Å². The molecule has 6 heteroatoms. The second kappa shape index (κ2) is 9.03. The normalized spacial score (nSPS) is 14.2. The van der Waals surface area contributed by atoms with E-state index < -0.39 is 0 Å². The quantitative estimate of drug-likeness (QED) is 0.659. The molecule has 2 aromatic rings. The minimum absolute atomic E-state index is 0.0771. The van der Waals surface area contributed by atoms with Crippen molar-refractivity contribution in [1.82, 2.24) is 4.90 Å². The summed E-state index contributed by atoms with van der Waals surface area (Å²) in [6.07, 6.45) is 0.0771. The summed E-state index contributed by atoms with van der Waals surface area (Å²) in [5.74, 6) is 1.19. The minimum atomic E-state index is -0.363. The van der Waals surface area contributed by atoms with E-state index in [0.717, 1.165) is 16.4 Å². The zero-order valence-corrected chi connectivity index (χ0v) is 18.1. The van der Waals surface area contributed by atoms with Crippen molar-refractivity contribution in [3.8, 4) is 11.5 Å². The molecule has 158 valence electrons. The number of rotatable bonds is 8. The van der Waals surface area contributed by atoms with Gasteiger partial charge in [-0.2, -0.15) is 0 Å². The minimum Gasteiger partial charge on any atom is -0.493 e. The van der Waals surface area contributed by atoms with Gasteiger partial charge >= 0.3 is 0 Å². The number of benzene rings is 2. The van der Waals surface area contributed by atoms with E-state index in [1.807, 2.05) is 50.2 Å². The number of imide groups is 1. The van der Waals surface area contributed by atoms with Crippen LogP contribution in [-0.4, -0.2) is 36.5 Å². The fourth-order valence-corrected chi connectivity index (χ4v) is 3.04. The lowest BCUT2D eigenvalue weighted by Gasteiger charge is -2.12. The Balaban J connectivity index is 1.87. The van der Waals surface area contributed by atoms with Crippen molar-refractivity contribution in [3.63, 3.8) is 0 Å². The van der Waals surface area contributed by atoms with E-state index in [-0.39, 0.29) is 23.6 Å². The highest BCUT2D eigenvalue weighted by atomic mass is 16.5. The lowest BCUT2D eigenvalue weighted by Crippen LogP contribution is -2.27. The van der Waals surface area contributed by atoms with Crippen LogP contribution in [0.2, 0.25) is 0 Å². The zero-order valence-electron chi connectivity index (χ0n) is 18.1. The number of carbonyl (C=O) groups excluding carboxylic acids is 2. The Kier molecular flexibility index (Phi) is 6.45. The topological polar surface area (TPSA) is 67.9 Å². The first-order valence-corrected chi connectivity index (χ1v) is 10.1. The number of hydrogen-bond acceptors (Lipinski definition) is 5. The Labute approximate surface area is 177 Å². The first-order chi connectivity index (χ1) is 14.3. The van der Waals surface area contributed by atoms with Gasteiger partial charge in [-0.15, -0.1) is 0 Å². The Morgan fingerprint density at radius 1 is 0.867 bits per heavy atom. The first-order valence-electron chi connectivity index (χ1n) is 10.1. The summed E-state index contributed by atoms with van der Waals surface area (Å²) in [6.45, 7) is 8.70. The summed E-state index contributed by atoms with van der Waals surface area (Å²) in [4.78, 5) is 26.6. The van der Waals surface area contributed by atoms with Crippen LogP contribution in [-0.2, 0) is 9.59 Å². The SMILES string of the molecule is CC(C)COc1ccc(C2=C(Nc3ccc(OC(C)C)cc3)C(=O)N(C)C2=O)cc1. The fraction of sp³-hybridized carbons (Fsp3) is 0.333. The maximum Gasteiger partial charge on any atom is 0.277 e. The average molecular weight is 408 g/mol. The summed E-state index contributed by atoms with van der Waals surface area (Å²) >= 11 is 0. The number of amides is 2. The van der Waals surface area contributed by atoms with Gasteiger partial charge in [-0.05, 0) is 61.7 Å². The van der Waals surface area contributed by atoms with Gasteiger partial charge < -0.3 is 14.8 Å². The number of likely N-dealkylation sites (N-methyl/N-ethyl adjacent to an activating group) is 1. The largest absolute Gasteiger partial charge is 0.493 e. The summed E-state index contributed by atoms with van der Waals surface area (Å²) in [6, 6.07) is 14.5. The van der Waals surface area contributed by atoms with Gasteiger partial charge in [0.2, 0.25) is 0 Å². The van der Waals surface area contributed by atoms with E-state index in [0.29, 0.717) is 29.3 Å². The van der Waals surface area contributed by atoms with Crippen molar-refractivity contribution < 1.29 is 19.1 Å². The molecule has 0 saturated heterocycles. The molecule has 0 fully saturated rings. The highest BCUT2D eigenvalue weighted by Crippen LogP contribution is 2.31. The number of hydrogen-bond donors (Lipinski definition) is 1. The van der Waals surface area contributed by atoms with Gasteiger partial charge in [0, 0.05) is 12.7 Å². The molecular weight excluding hydrogens is 380 g/mol. The summed E-state index contributed by atoms with van der Waals surface area (Å²) in [7, 11) is 1.49. The molecule has 1 N–H and O–H groups in total. The molecule has 6 nitrogen and oxygen atoms in total. The average Bonchev–Trinajstić information content (AvgIpc) is 2.91. The molecule has 2 aromatic carbocycles. The van der Waals surface area contributed by atoms with Crippen molar-refractivity contribution in [2.75, 3.05) is 19.0 Å². The molecule has 0 bridgehead atoms. The maximum atomic E-state index is 12.7. The predicted octanol–water partition coefficient (Wildman–Crippen LogP) is 4.33. The van der Waals surface area contributed by atoms with Gasteiger partial charge in [-0.1, -0.05) is 26.0 Å². The molecule has 0 aromatic heterocycles. The third kappa shape index (κ3) is 4.82. The summed E-state index contributed by atoms with van der Waals surface area (Å²) in [5, 5.41) is 3.12. The number of carbonyl (C=O) groups is 2. The monoisotopic (exact) mass is 408 g/mol. The maximum absolute atomic E-state index is 12.7. The highest BCUT2D eigenvalue weighted by molar-refractivity contribution is 6.36. The van der Waals surface area contributed by atoms with Crippen LogP contribution in [0.15, 0.2) is 54.2 Å². The second-order valence-electron chi connectivity index (χ2n) is 7.96. The standard InChI is InChI=1S/C24H28N2O4/c1-15(2)14-29-19-10-6-17(7-11-19)21-22(24(28)26(5)23(21)27)25-18-8-12-20(13-9-18)30-16(3)4/h6-13,15-16,25H,14H2,1-5H3. The predicted molar refractivity (Wildman–Crippen MR) is 117 cm³/mol. The Morgan fingerprint density at radius 2 is 1.47 bits per heavy atom. The van der Waals surface area contributed by atoms with Crippen LogP contribution in [0, 0.1) is 5.92 Å². The smallest absolute Gasteiger partial charge is 0.277 e. The number of anilines is 1. The van der Waals surface area contributed by atoms with E-state index in [2.05, 4.69) is 19.2 Å². The lowest BCUT2D eigenvalue weighted by molar-refractivity contribution is -0.135. The first kappa shape index (κ1) is 21.4. The van der Waals surface area contributed by atoms with Gasteiger partial charge in [-0.25, -0.2) is 0 Å². The van der Waals surface area contributed by atoms with Crippen LogP contribution >= 0.6 is 0 Å². The molecule has 0 radical (unpaired) electrons. The third-order valence-corrected chi connectivity index (χ3v) is 4.51. The highest BCUT2D eigenvalue weighted by Gasteiger charge is 2.36. The number of nitrogens with zero attached hydrogens (tertiary/aromatic N) is 1. The molecule has 2 amide bonds. The molecular formula is C24H28N2O4. The second-order valence-corrected chi connectivity index (χ2v) is 7.96. The third-order valence-electron chi connectivity index (χ3n) is 4.51. The van der Waals surface area contributed by atoms with Gasteiger partial charge in [0.1, 0.15) is 17.2 Å². The fourth-order valence-electron chi connectivity index (χ4n) is 3.04. The molecule has 0 spiro atoms. The molecule has 1 aliphatic heterocycles. The van der Waals surface area contributed by atoms with Crippen molar-refractivity contribution in [2.24, 2.45) is 5.92 Å². The van der Waals surface area contributed by atoms with E-state index in [1.165, 1.54) is 7.05 Å². The molecule has 0 atom stereocenters. The van der Waals surface area contributed by atoms with Crippen LogP contribution in [0.3, 0.4) is 0 Å². The Bertz CT molecular complexity index is 944. The Hall–Kier alpha value is -3.28. The van der Waals surface area contributed by atoms with Crippen LogP contribution in [0.1, 0.15) is 33.3 Å². The van der Waals surface area contributed by atoms with Gasteiger partial charge in [0.05, 0.1) is 18.3 Å². The molecule has 30 heavy (non-hydrogen) atoms. The summed E-state index contributed by atoms with van der Waals surface area (Å²) in [5.41, 5.74) is 1.97. The van der Waals surface area contributed by atoms with Crippen LogP contribution < -0.4 is 14.8 Å². The van der Waals surface area contributed by atoms with Crippen molar-refractivity contribution in [2.45, 2.75) is 33.8 Å². The van der Waals surface area contributed by atoms with Gasteiger partial charge in [0.25, 0.3) is 11.8 Å². The molecule has 3 rings (SSSR count). The molecule has 1 heterocycles. The number of ether oxygens (including phenoxy) is 2. The van der Waals surface area contributed by atoms with Gasteiger partial charge in [0.15, 0.2) is 0 Å². The van der Waals surface area contributed by atoms with E-state index in [4.69, 9.17) is 9.47 Å². The zero-order chi connectivity index (χ0) is 21.8. The van der Waals surface area contributed by atoms with E-state index >= 15 is 0 Å². The van der Waals surface area contributed by atoms with E-state index in [9.17, 15) is 9.59 Å².